The van der Waals surface area contributed by atoms with E-state index in [1.165, 1.54) is 6.07 Å². The molecule has 0 aliphatic carbocycles. The summed E-state index contributed by atoms with van der Waals surface area (Å²) in [6, 6.07) is 2.98. The van der Waals surface area contributed by atoms with Gasteiger partial charge in [-0.1, -0.05) is 19.0 Å². The molecule has 5 rings (SSSR count). The van der Waals surface area contributed by atoms with Crippen molar-refractivity contribution in [1.82, 2.24) is 9.55 Å². The van der Waals surface area contributed by atoms with Gasteiger partial charge in [-0.25, -0.2) is 14.2 Å². The topological polar surface area (TPSA) is 130 Å². The molecule has 1 N–H and O–H groups in total. The van der Waals surface area contributed by atoms with Gasteiger partial charge in [-0.3, -0.25) is 4.79 Å². The second-order valence-corrected chi connectivity index (χ2v) is 8.62. The maximum Gasteiger partial charge on any atom is 0.343 e. The number of fused-ring (bicyclic) bond motifs is 5. The molecule has 0 fully saturated rings. The van der Waals surface area contributed by atoms with Gasteiger partial charge < -0.3 is 14.4 Å². The van der Waals surface area contributed by atoms with Gasteiger partial charge >= 0.3 is 5.97 Å². The molecule has 9 nitrogen and oxygen atoms in total. The van der Waals surface area contributed by atoms with Crippen LogP contribution in [0.4, 0.5) is 4.39 Å². The molecule has 34 heavy (non-hydrogen) atoms. The van der Waals surface area contributed by atoms with Crippen molar-refractivity contribution in [3.05, 3.63) is 72.1 Å². The standard InChI is InChI=1S/C24H22FN5O4/c1-4-12-14-9-30-19(6-16-15(22(30)31)10-34-23(32)24(16,33)5-2)21(14)28-18-7-17(25)11(3)13(20(12)18)8-27-29-26/h6-7,33H,4-5,8-10H2,1-3H3/t24-/m0/s1. The van der Waals surface area contributed by atoms with E-state index < -0.39 is 17.4 Å². The van der Waals surface area contributed by atoms with Crippen molar-refractivity contribution in [2.24, 2.45) is 5.11 Å². The maximum atomic E-state index is 14.8. The highest BCUT2D eigenvalue weighted by Gasteiger charge is 2.45. The Morgan fingerprint density at radius 2 is 2.06 bits per heavy atom. The van der Waals surface area contributed by atoms with Crippen molar-refractivity contribution in [1.29, 1.82) is 0 Å². The summed E-state index contributed by atoms with van der Waals surface area (Å²) in [4.78, 5) is 33.3. The number of aliphatic hydroxyl groups is 1. The molecular formula is C24H22FN5O4. The molecule has 0 radical (unpaired) electrons. The van der Waals surface area contributed by atoms with E-state index in [-0.39, 0.29) is 42.8 Å². The number of halogens is 1. The van der Waals surface area contributed by atoms with Crippen LogP contribution in [0.2, 0.25) is 0 Å². The molecule has 3 aromatic rings. The third kappa shape index (κ3) is 2.82. The molecular weight excluding hydrogens is 441 g/mol. The lowest BCUT2D eigenvalue weighted by molar-refractivity contribution is -0.172. The van der Waals surface area contributed by atoms with Gasteiger partial charge in [-0.15, -0.1) is 0 Å². The summed E-state index contributed by atoms with van der Waals surface area (Å²) in [6.45, 7) is 5.27. The molecule has 0 saturated heterocycles. The molecule has 0 saturated carbocycles. The van der Waals surface area contributed by atoms with E-state index in [0.717, 1.165) is 16.5 Å². The van der Waals surface area contributed by atoms with E-state index in [1.807, 2.05) is 6.92 Å². The van der Waals surface area contributed by atoms with Gasteiger partial charge in [-0.2, -0.15) is 0 Å². The number of cyclic esters (lactones) is 1. The van der Waals surface area contributed by atoms with Gasteiger partial charge in [0.25, 0.3) is 5.56 Å². The lowest BCUT2D eigenvalue weighted by Crippen LogP contribution is -2.44. The van der Waals surface area contributed by atoms with Crippen LogP contribution in [0.5, 0.6) is 0 Å². The number of ether oxygens (including phenoxy) is 1. The molecule has 0 amide bonds. The summed E-state index contributed by atoms with van der Waals surface area (Å²) in [5.41, 5.74) is 11.1. The van der Waals surface area contributed by atoms with Crippen molar-refractivity contribution in [2.75, 3.05) is 0 Å². The summed E-state index contributed by atoms with van der Waals surface area (Å²) >= 11 is 0. The minimum absolute atomic E-state index is 0.0196. The number of azide groups is 1. The Morgan fingerprint density at radius 3 is 2.74 bits per heavy atom. The molecule has 0 bridgehead atoms. The number of carbonyl (C=O) groups is 1. The first-order valence-corrected chi connectivity index (χ1v) is 11.1. The largest absolute Gasteiger partial charge is 0.458 e. The quantitative estimate of drug-likeness (QED) is 0.212. The highest BCUT2D eigenvalue weighted by Crippen LogP contribution is 2.41. The van der Waals surface area contributed by atoms with Gasteiger partial charge in [0.1, 0.15) is 12.4 Å². The Balaban J connectivity index is 1.85. The number of aromatic nitrogens is 2. The van der Waals surface area contributed by atoms with E-state index in [1.54, 1.807) is 24.5 Å². The first-order valence-electron chi connectivity index (χ1n) is 11.1. The molecule has 2 aromatic heterocycles. The van der Waals surface area contributed by atoms with Crippen LogP contribution in [0.1, 0.15) is 53.6 Å². The molecule has 174 valence electrons. The van der Waals surface area contributed by atoms with E-state index in [4.69, 9.17) is 15.3 Å². The second-order valence-electron chi connectivity index (χ2n) is 8.62. The average molecular weight is 463 g/mol. The average Bonchev–Trinajstić information content (AvgIpc) is 3.19. The van der Waals surface area contributed by atoms with Crippen molar-refractivity contribution in [3.8, 4) is 11.4 Å². The first-order chi connectivity index (χ1) is 16.3. The minimum Gasteiger partial charge on any atom is -0.458 e. The van der Waals surface area contributed by atoms with Crippen molar-refractivity contribution >= 4 is 16.9 Å². The van der Waals surface area contributed by atoms with Crippen LogP contribution in [-0.4, -0.2) is 20.6 Å². The van der Waals surface area contributed by atoms with E-state index in [0.29, 0.717) is 34.5 Å². The Hall–Kier alpha value is -3.75. The first kappa shape index (κ1) is 22.1. The Kier molecular flexibility index (Phi) is 4.96. The zero-order valence-corrected chi connectivity index (χ0v) is 19.0. The van der Waals surface area contributed by atoms with Crippen molar-refractivity contribution in [3.63, 3.8) is 0 Å². The SMILES string of the molecule is CCc1c2c(nc3cc(F)c(C)c(CN=[N+]=[N-])c13)-c1cc3c(c(=O)n1C2)COC(=O)[C@]3(O)CC. The molecule has 1 aromatic carbocycles. The second kappa shape index (κ2) is 7.65. The number of esters is 1. The van der Waals surface area contributed by atoms with Crippen LogP contribution in [-0.2, 0) is 41.2 Å². The fourth-order valence-electron chi connectivity index (χ4n) is 5.18. The van der Waals surface area contributed by atoms with Crippen LogP contribution in [0.25, 0.3) is 32.7 Å². The number of hydrogen-bond acceptors (Lipinski definition) is 6. The summed E-state index contributed by atoms with van der Waals surface area (Å²) in [6.07, 6.45) is 0.631. The Bertz CT molecular complexity index is 1520. The van der Waals surface area contributed by atoms with Gasteiger partial charge in [0, 0.05) is 27.5 Å². The van der Waals surface area contributed by atoms with E-state index in [9.17, 15) is 19.1 Å². The maximum absolute atomic E-state index is 14.8. The van der Waals surface area contributed by atoms with Gasteiger partial charge in [-0.05, 0) is 48.1 Å². The normalized spacial score (nSPS) is 18.2. The van der Waals surface area contributed by atoms with Gasteiger partial charge in [0.15, 0.2) is 5.60 Å². The molecule has 4 heterocycles. The lowest BCUT2D eigenvalue weighted by atomic mass is 9.86. The van der Waals surface area contributed by atoms with Crippen LogP contribution in [0.15, 0.2) is 22.0 Å². The number of hydrogen-bond donors (Lipinski definition) is 1. The highest BCUT2D eigenvalue weighted by atomic mass is 19.1. The summed E-state index contributed by atoms with van der Waals surface area (Å²) in [5.74, 6) is -1.25. The highest BCUT2D eigenvalue weighted by molar-refractivity contribution is 5.92. The lowest BCUT2D eigenvalue weighted by Gasteiger charge is -2.31. The predicted octanol–water partition coefficient (Wildman–Crippen LogP) is 3.90. The smallest absolute Gasteiger partial charge is 0.343 e. The molecule has 0 spiro atoms. The van der Waals surface area contributed by atoms with Crippen LogP contribution in [0, 0.1) is 12.7 Å². The van der Waals surface area contributed by atoms with Crippen molar-refractivity contribution in [2.45, 2.75) is 58.9 Å². The number of nitrogens with zero attached hydrogens (tertiary/aromatic N) is 5. The van der Waals surface area contributed by atoms with Crippen LogP contribution < -0.4 is 5.56 Å². The third-order valence-corrected chi connectivity index (χ3v) is 7.06. The van der Waals surface area contributed by atoms with E-state index in [2.05, 4.69) is 10.0 Å². The fourth-order valence-corrected chi connectivity index (χ4v) is 5.18. The van der Waals surface area contributed by atoms with Crippen LogP contribution >= 0.6 is 0 Å². The Morgan fingerprint density at radius 1 is 1.29 bits per heavy atom. The summed E-state index contributed by atoms with van der Waals surface area (Å²) in [5, 5.41) is 15.4. The number of rotatable bonds is 4. The predicted molar refractivity (Wildman–Crippen MR) is 121 cm³/mol. The summed E-state index contributed by atoms with van der Waals surface area (Å²) in [7, 11) is 0. The minimum atomic E-state index is -1.92. The molecule has 2 aliphatic rings. The zero-order chi connectivity index (χ0) is 24.4. The van der Waals surface area contributed by atoms with Crippen molar-refractivity contribution < 1.29 is 19.0 Å². The number of pyridine rings is 2. The monoisotopic (exact) mass is 463 g/mol. The molecule has 2 aliphatic heterocycles. The summed E-state index contributed by atoms with van der Waals surface area (Å²) < 4.78 is 21.5. The zero-order valence-electron chi connectivity index (χ0n) is 19.0. The molecule has 10 heteroatoms. The van der Waals surface area contributed by atoms with Gasteiger partial charge in [0.2, 0.25) is 0 Å². The molecule has 1 atom stereocenters. The van der Waals surface area contributed by atoms with Crippen LogP contribution in [0.3, 0.4) is 0 Å². The fraction of sp³-hybridized carbons (Fsp3) is 0.375. The number of carbonyl (C=O) groups excluding carboxylic acids is 1. The Labute approximate surface area is 193 Å². The third-order valence-electron chi connectivity index (χ3n) is 7.06. The number of benzene rings is 1. The number of aryl methyl sites for hydroxylation is 1. The van der Waals surface area contributed by atoms with E-state index >= 15 is 0 Å². The van der Waals surface area contributed by atoms with Gasteiger partial charge in [0.05, 0.1) is 35.6 Å². The molecule has 0 unspecified atom stereocenters.